The zero-order valence-electron chi connectivity index (χ0n) is 8.11. The lowest BCUT2D eigenvalue weighted by Gasteiger charge is -2.26. The van der Waals surface area contributed by atoms with Crippen LogP contribution in [0.3, 0.4) is 0 Å². The Morgan fingerprint density at radius 2 is 2.17 bits per heavy atom. The lowest BCUT2D eigenvalue weighted by Crippen LogP contribution is -2.22. The van der Waals surface area contributed by atoms with E-state index in [2.05, 4.69) is 13.8 Å². The average Bonchev–Trinajstić information content (AvgIpc) is 2.87. The molecule has 0 N–H and O–H groups in total. The maximum absolute atomic E-state index is 6.01. The highest BCUT2D eigenvalue weighted by Crippen LogP contribution is 2.48. The molecule has 0 amide bonds. The molecule has 1 saturated carbocycles. The number of halogens is 1. The van der Waals surface area contributed by atoms with Gasteiger partial charge in [-0.05, 0) is 42.1 Å². The first-order valence-corrected chi connectivity index (χ1v) is 6.55. The summed E-state index contributed by atoms with van der Waals surface area (Å²) in [6.45, 7) is 4.58. The summed E-state index contributed by atoms with van der Waals surface area (Å²) >= 11 is 8.05. The van der Waals surface area contributed by atoms with E-state index in [0.717, 1.165) is 11.8 Å². The van der Waals surface area contributed by atoms with E-state index in [1.807, 2.05) is 11.8 Å². The monoisotopic (exact) mass is 206 g/mol. The largest absolute Gasteiger partial charge is 0.162 e. The van der Waals surface area contributed by atoms with Crippen LogP contribution in [-0.2, 0) is 0 Å². The molecule has 1 rings (SSSR count). The van der Waals surface area contributed by atoms with Gasteiger partial charge in [-0.1, -0.05) is 13.8 Å². The summed E-state index contributed by atoms with van der Waals surface area (Å²) in [7, 11) is 0. The minimum atomic E-state index is 0.448. The lowest BCUT2D eigenvalue weighted by atomic mass is 9.84. The summed E-state index contributed by atoms with van der Waals surface area (Å²) in [5, 5.41) is 0. The summed E-state index contributed by atoms with van der Waals surface area (Å²) in [5.74, 6) is 4.31. The van der Waals surface area contributed by atoms with Gasteiger partial charge >= 0.3 is 0 Å². The highest BCUT2D eigenvalue weighted by molar-refractivity contribution is 7.99. The number of hydrogen-bond acceptors (Lipinski definition) is 1. The van der Waals surface area contributed by atoms with Crippen molar-refractivity contribution in [2.75, 3.05) is 17.4 Å². The SMILES string of the molecule is CCSCCC(C)(CCl)C1CC1. The van der Waals surface area contributed by atoms with E-state index in [0.29, 0.717) is 5.41 Å². The summed E-state index contributed by atoms with van der Waals surface area (Å²) in [5.41, 5.74) is 0.448. The first kappa shape index (κ1) is 10.7. The van der Waals surface area contributed by atoms with Crippen LogP contribution in [0, 0.1) is 11.3 Å². The molecule has 0 heterocycles. The zero-order valence-corrected chi connectivity index (χ0v) is 9.68. The van der Waals surface area contributed by atoms with Crippen LogP contribution in [0.1, 0.15) is 33.1 Å². The van der Waals surface area contributed by atoms with Crippen LogP contribution < -0.4 is 0 Å². The Balaban J connectivity index is 2.23. The molecule has 0 saturated heterocycles. The highest BCUT2D eigenvalue weighted by Gasteiger charge is 2.40. The zero-order chi connectivity index (χ0) is 9.03. The van der Waals surface area contributed by atoms with Crippen molar-refractivity contribution >= 4 is 23.4 Å². The van der Waals surface area contributed by atoms with Gasteiger partial charge in [-0.25, -0.2) is 0 Å². The van der Waals surface area contributed by atoms with Gasteiger partial charge in [0.15, 0.2) is 0 Å². The molecule has 0 radical (unpaired) electrons. The molecule has 1 unspecified atom stereocenters. The Labute approximate surface area is 85.4 Å². The first-order valence-electron chi connectivity index (χ1n) is 4.86. The van der Waals surface area contributed by atoms with Crippen molar-refractivity contribution in [2.45, 2.75) is 33.1 Å². The minimum absolute atomic E-state index is 0.448. The molecule has 1 fully saturated rings. The van der Waals surface area contributed by atoms with Gasteiger partial charge in [-0.15, -0.1) is 11.6 Å². The minimum Gasteiger partial charge on any atom is -0.162 e. The second-order valence-electron chi connectivity index (χ2n) is 4.01. The van der Waals surface area contributed by atoms with E-state index in [1.54, 1.807) is 0 Å². The van der Waals surface area contributed by atoms with Crippen LogP contribution in [-0.4, -0.2) is 17.4 Å². The van der Waals surface area contributed by atoms with Gasteiger partial charge in [0.2, 0.25) is 0 Å². The van der Waals surface area contributed by atoms with Gasteiger partial charge < -0.3 is 0 Å². The van der Waals surface area contributed by atoms with Gasteiger partial charge in [0.1, 0.15) is 0 Å². The van der Waals surface area contributed by atoms with E-state index < -0.39 is 0 Å². The molecule has 0 spiro atoms. The van der Waals surface area contributed by atoms with Crippen LogP contribution in [0.15, 0.2) is 0 Å². The van der Waals surface area contributed by atoms with Crippen molar-refractivity contribution in [3.05, 3.63) is 0 Å². The van der Waals surface area contributed by atoms with Crippen molar-refractivity contribution in [3.8, 4) is 0 Å². The molecular weight excluding hydrogens is 188 g/mol. The fraction of sp³-hybridized carbons (Fsp3) is 1.00. The summed E-state index contributed by atoms with van der Waals surface area (Å²) < 4.78 is 0. The molecule has 0 aromatic rings. The number of rotatable bonds is 6. The summed E-state index contributed by atoms with van der Waals surface area (Å²) in [6.07, 6.45) is 4.14. The van der Waals surface area contributed by atoms with E-state index in [9.17, 15) is 0 Å². The van der Waals surface area contributed by atoms with E-state index >= 15 is 0 Å². The summed E-state index contributed by atoms with van der Waals surface area (Å²) in [4.78, 5) is 0. The first-order chi connectivity index (χ1) is 5.73. The molecule has 0 bridgehead atoms. The predicted octanol–water partition coefficient (Wildman–Crippen LogP) is 3.78. The third kappa shape index (κ3) is 2.85. The van der Waals surface area contributed by atoms with Crippen LogP contribution in [0.2, 0.25) is 0 Å². The topological polar surface area (TPSA) is 0 Å². The lowest BCUT2D eigenvalue weighted by molar-refractivity contribution is 0.306. The van der Waals surface area contributed by atoms with Crippen LogP contribution in [0.4, 0.5) is 0 Å². The maximum Gasteiger partial charge on any atom is 0.0280 e. The van der Waals surface area contributed by atoms with Crippen LogP contribution in [0.5, 0.6) is 0 Å². The number of hydrogen-bond donors (Lipinski definition) is 0. The van der Waals surface area contributed by atoms with Gasteiger partial charge in [0, 0.05) is 5.88 Å². The quantitative estimate of drug-likeness (QED) is 0.471. The molecule has 0 nitrogen and oxygen atoms in total. The van der Waals surface area contributed by atoms with Gasteiger partial charge in [-0.2, -0.15) is 11.8 Å². The number of alkyl halides is 1. The van der Waals surface area contributed by atoms with Crippen molar-refractivity contribution < 1.29 is 0 Å². The van der Waals surface area contributed by atoms with E-state index in [-0.39, 0.29) is 0 Å². The van der Waals surface area contributed by atoms with Crippen molar-refractivity contribution in [1.82, 2.24) is 0 Å². The van der Waals surface area contributed by atoms with Crippen molar-refractivity contribution in [3.63, 3.8) is 0 Å². The predicted molar refractivity (Wildman–Crippen MR) is 59.2 cm³/mol. The number of thioether (sulfide) groups is 1. The Kier molecular flexibility index (Phi) is 4.25. The smallest absolute Gasteiger partial charge is 0.0280 e. The van der Waals surface area contributed by atoms with Gasteiger partial charge in [0.25, 0.3) is 0 Å². The molecular formula is C10H19ClS. The van der Waals surface area contributed by atoms with Crippen LogP contribution >= 0.6 is 23.4 Å². The Hall–Kier alpha value is 0.640. The Bertz CT molecular complexity index is 134. The Morgan fingerprint density at radius 3 is 2.58 bits per heavy atom. The second-order valence-corrected chi connectivity index (χ2v) is 5.67. The third-order valence-electron chi connectivity index (χ3n) is 2.89. The fourth-order valence-electron chi connectivity index (χ4n) is 1.61. The van der Waals surface area contributed by atoms with Crippen LogP contribution in [0.25, 0.3) is 0 Å². The molecule has 72 valence electrons. The fourth-order valence-corrected chi connectivity index (χ4v) is 2.86. The molecule has 12 heavy (non-hydrogen) atoms. The molecule has 0 aliphatic heterocycles. The second kappa shape index (κ2) is 4.76. The average molecular weight is 207 g/mol. The molecule has 1 atom stereocenters. The van der Waals surface area contributed by atoms with Crippen molar-refractivity contribution in [1.29, 1.82) is 0 Å². The molecule has 1 aliphatic rings. The highest BCUT2D eigenvalue weighted by atomic mass is 35.5. The van der Waals surface area contributed by atoms with Crippen molar-refractivity contribution in [2.24, 2.45) is 11.3 Å². The molecule has 2 heteroatoms. The normalized spacial score (nSPS) is 22.2. The molecule has 0 aromatic carbocycles. The summed E-state index contributed by atoms with van der Waals surface area (Å²) in [6, 6.07) is 0. The van der Waals surface area contributed by atoms with Gasteiger partial charge in [-0.3, -0.25) is 0 Å². The Morgan fingerprint density at radius 1 is 1.50 bits per heavy atom. The maximum atomic E-state index is 6.01. The van der Waals surface area contributed by atoms with E-state index in [1.165, 1.54) is 30.8 Å². The standard InChI is InChI=1S/C10H19ClS/c1-3-12-7-6-10(2,8-11)9-4-5-9/h9H,3-8H2,1-2H3. The van der Waals surface area contributed by atoms with E-state index in [4.69, 9.17) is 11.6 Å². The molecule has 0 aromatic heterocycles. The molecule has 1 aliphatic carbocycles. The third-order valence-corrected chi connectivity index (χ3v) is 4.40. The van der Waals surface area contributed by atoms with Gasteiger partial charge in [0.05, 0.1) is 0 Å².